The van der Waals surface area contributed by atoms with Crippen molar-refractivity contribution < 1.29 is 15.0 Å². The van der Waals surface area contributed by atoms with Gasteiger partial charge in [0.1, 0.15) is 22.3 Å². The number of aromatic nitrogens is 3. The molecule has 38 heavy (non-hydrogen) atoms. The Morgan fingerprint density at radius 1 is 1.13 bits per heavy atom. The molecule has 2 aromatic heterocycles. The molecule has 0 radical (unpaired) electrons. The minimum Gasteiger partial charge on any atom is -0.396 e. The molecular weight excluding hydrogens is 526 g/mol. The number of amides is 1. The van der Waals surface area contributed by atoms with Gasteiger partial charge < -0.3 is 25.7 Å². The van der Waals surface area contributed by atoms with Gasteiger partial charge in [-0.15, -0.1) is 0 Å². The molecule has 1 fully saturated rings. The second-order valence-corrected chi connectivity index (χ2v) is 10.3. The van der Waals surface area contributed by atoms with E-state index in [-0.39, 0.29) is 12.5 Å². The van der Waals surface area contributed by atoms with Crippen LogP contribution in [0.5, 0.6) is 0 Å². The van der Waals surface area contributed by atoms with Crippen molar-refractivity contribution in [1.29, 1.82) is 0 Å². The van der Waals surface area contributed by atoms with Gasteiger partial charge in [0.2, 0.25) is 0 Å². The van der Waals surface area contributed by atoms with Gasteiger partial charge in [-0.3, -0.25) is 9.69 Å². The average Bonchev–Trinajstić information content (AvgIpc) is 3.36. The van der Waals surface area contributed by atoms with Crippen LogP contribution in [0.1, 0.15) is 40.8 Å². The predicted octanol–water partition coefficient (Wildman–Crippen LogP) is 4.09. The first-order chi connectivity index (χ1) is 18.3. The lowest BCUT2D eigenvalue weighted by molar-refractivity contribution is 0.103. The summed E-state index contributed by atoms with van der Waals surface area (Å²) in [4.78, 5) is 31.0. The fraction of sp³-hybridized carbons (Fsp3) is 0.462. The van der Waals surface area contributed by atoms with Crippen molar-refractivity contribution in [1.82, 2.24) is 19.9 Å². The smallest absolute Gasteiger partial charge is 0.267 e. The summed E-state index contributed by atoms with van der Waals surface area (Å²) < 4.78 is 0. The molecule has 12 heteroatoms. The molecule has 0 aliphatic carbocycles. The molecule has 0 atom stereocenters. The topological polar surface area (TPSA) is 127 Å². The van der Waals surface area contributed by atoms with E-state index >= 15 is 0 Å². The maximum Gasteiger partial charge on any atom is 0.267 e. The number of hydrogen-bond acceptors (Lipinski definition) is 10. The van der Waals surface area contributed by atoms with Crippen molar-refractivity contribution in [2.75, 3.05) is 61.5 Å². The lowest BCUT2D eigenvalue weighted by Crippen LogP contribution is -2.47. The van der Waals surface area contributed by atoms with E-state index in [2.05, 4.69) is 42.3 Å². The molecule has 1 aliphatic rings. The number of nitrogens with zero attached hydrogens (tertiary/aromatic N) is 5. The van der Waals surface area contributed by atoms with Crippen molar-refractivity contribution in [2.24, 2.45) is 0 Å². The number of unbranched alkanes of at least 4 members (excludes halogenated alkanes) is 1. The van der Waals surface area contributed by atoms with Gasteiger partial charge in [0.05, 0.1) is 23.5 Å². The van der Waals surface area contributed by atoms with E-state index in [1.54, 1.807) is 6.07 Å². The van der Waals surface area contributed by atoms with Crippen LogP contribution in [0.15, 0.2) is 30.5 Å². The highest BCUT2D eigenvalue weighted by Gasteiger charge is 2.19. The SMILES string of the molecule is CCCCO.Cc1nc(Nc2ncc(C(=O)Nc3c(C)cccc3Cl)s2)cc(N2CCN(CCO)CC2)n1. The van der Waals surface area contributed by atoms with Crippen LogP contribution in [0, 0.1) is 13.8 Å². The molecule has 1 aliphatic heterocycles. The minimum absolute atomic E-state index is 0.173. The summed E-state index contributed by atoms with van der Waals surface area (Å²) in [6.07, 6.45) is 3.57. The van der Waals surface area contributed by atoms with E-state index in [0.29, 0.717) is 45.5 Å². The number of aryl methyl sites for hydroxylation is 2. The largest absolute Gasteiger partial charge is 0.396 e. The molecule has 0 spiro atoms. The molecule has 0 bridgehead atoms. The Kier molecular flexibility index (Phi) is 11.7. The van der Waals surface area contributed by atoms with E-state index in [1.807, 2.05) is 32.0 Å². The summed E-state index contributed by atoms with van der Waals surface area (Å²) in [5.74, 6) is 1.85. The molecule has 4 N–H and O–H groups in total. The van der Waals surface area contributed by atoms with E-state index in [9.17, 15) is 4.79 Å². The van der Waals surface area contributed by atoms with Gasteiger partial charge in [-0.1, -0.05) is 48.4 Å². The number of aliphatic hydroxyl groups is 2. The highest BCUT2D eigenvalue weighted by Crippen LogP contribution is 2.28. The number of thiazole rings is 1. The van der Waals surface area contributed by atoms with Crippen LogP contribution in [0.25, 0.3) is 0 Å². The first-order valence-corrected chi connectivity index (χ1v) is 13.9. The number of rotatable bonds is 9. The van der Waals surface area contributed by atoms with Crippen molar-refractivity contribution >= 4 is 51.3 Å². The first-order valence-electron chi connectivity index (χ1n) is 12.7. The van der Waals surface area contributed by atoms with Crippen molar-refractivity contribution in [3.8, 4) is 0 Å². The zero-order valence-electron chi connectivity index (χ0n) is 22.1. The molecule has 4 rings (SSSR count). The van der Waals surface area contributed by atoms with Crippen molar-refractivity contribution in [3.63, 3.8) is 0 Å². The molecule has 10 nitrogen and oxygen atoms in total. The minimum atomic E-state index is -0.267. The second-order valence-electron chi connectivity index (χ2n) is 8.83. The fourth-order valence-electron chi connectivity index (χ4n) is 3.79. The van der Waals surface area contributed by atoms with Crippen LogP contribution in [0.2, 0.25) is 5.02 Å². The molecule has 1 amide bonds. The molecule has 3 heterocycles. The van der Waals surface area contributed by atoms with Crippen molar-refractivity contribution in [2.45, 2.75) is 33.6 Å². The van der Waals surface area contributed by atoms with Crippen molar-refractivity contribution in [3.05, 3.63) is 51.7 Å². The number of benzene rings is 1. The zero-order valence-corrected chi connectivity index (χ0v) is 23.6. The van der Waals surface area contributed by atoms with Gasteiger partial charge in [0, 0.05) is 45.4 Å². The number of carbonyl (C=O) groups is 1. The summed E-state index contributed by atoms with van der Waals surface area (Å²) in [6, 6.07) is 7.37. The molecule has 0 unspecified atom stereocenters. The lowest BCUT2D eigenvalue weighted by atomic mass is 10.2. The third-order valence-corrected chi connectivity index (χ3v) is 7.10. The predicted molar refractivity (Wildman–Crippen MR) is 154 cm³/mol. The number of anilines is 4. The normalized spacial score (nSPS) is 13.6. The number of β-amino-alcohol motifs (C(OH)–C–C–N with tert-alkyl or cyclic N) is 1. The average molecular weight is 562 g/mol. The molecule has 3 aromatic rings. The Morgan fingerprint density at radius 3 is 2.53 bits per heavy atom. The third kappa shape index (κ3) is 8.60. The van der Waals surface area contributed by atoms with Crippen LogP contribution in [0.4, 0.5) is 22.5 Å². The maximum atomic E-state index is 12.7. The number of hydrogen-bond donors (Lipinski definition) is 4. The van der Waals surface area contributed by atoms with Gasteiger partial charge in [-0.05, 0) is 31.9 Å². The van der Waals surface area contributed by atoms with Gasteiger partial charge in [0.25, 0.3) is 5.91 Å². The molecule has 0 saturated carbocycles. The lowest BCUT2D eigenvalue weighted by Gasteiger charge is -2.35. The number of halogens is 1. The summed E-state index contributed by atoms with van der Waals surface area (Å²) in [5.41, 5.74) is 1.49. The van der Waals surface area contributed by atoms with E-state index in [4.69, 9.17) is 21.8 Å². The maximum absolute atomic E-state index is 12.7. The van der Waals surface area contributed by atoms with Gasteiger partial charge >= 0.3 is 0 Å². The van der Waals surface area contributed by atoms with Crippen LogP contribution in [0.3, 0.4) is 0 Å². The van der Waals surface area contributed by atoms with Gasteiger partial charge in [0.15, 0.2) is 5.13 Å². The van der Waals surface area contributed by atoms with E-state index in [1.165, 1.54) is 17.5 Å². The number of carbonyl (C=O) groups excluding carboxylic acids is 1. The second kappa shape index (κ2) is 14.9. The van der Waals surface area contributed by atoms with Crippen LogP contribution in [-0.4, -0.2) is 81.9 Å². The fourth-order valence-corrected chi connectivity index (χ4v) is 4.78. The Balaban J connectivity index is 0.000000732. The van der Waals surface area contributed by atoms with Gasteiger partial charge in [-0.25, -0.2) is 15.0 Å². The molecular formula is C26H36ClN7O3S. The zero-order chi connectivity index (χ0) is 27.5. The van der Waals surface area contributed by atoms with Gasteiger partial charge in [-0.2, -0.15) is 0 Å². The quantitative estimate of drug-likeness (QED) is 0.305. The van der Waals surface area contributed by atoms with E-state index in [0.717, 1.165) is 50.4 Å². The standard InChI is InChI=1S/C22H26ClN7O2S.C4H10O/c1-14-4-3-5-16(23)20(14)28-21(32)17-13-24-22(33-17)27-18-12-19(26-15(2)25-18)30-8-6-29(7-9-30)10-11-31;1-2-3-4-5/h3-5,12-13,31H,6-11H2,1-2H3,(H,28,32)(H,24,25,26,27);5H,2-4H2,1H3. The summed E-state index contributed by atoms with van der Waals surface area (Å²) >= 11 is 7.46. The van der Waals surface area contributed by atoms with Crippen LogP contribution < -0.4 is 15.5 Å². The first kappa shape index (κ1) is 29.7. The summed E-state index contributed by atoms with van der Waals surface area (Å²) in [5, 5.41) is 24.3. The number of aliphatic hydroxyl groups excluding tert-OH is 2. The number of nitrogens with one attached hydrogen (secondary N) is 2. The Labute approximate surface area is 232 Å². The third-order valence-electron chi connectivity index (χ3n) is 5.87. The Hall–Kier alpha value is -2.83. The Bertz CT molecular complexity index is 1160. The summed E-state index contributed by atoms with van der Waals surface area (Å²) in [6.45, 7) is 10.4. The summed E-state index contributed by atoms with van der Waals surface area (Å²) in [7, 11) is 0. The highest BCUT2D eigenvalue weighted by atomic mass is 35.5. The monoisotopic (exact) mass is 561 g/mol. The number of para-hydroxylation sites is 1. The molecule has 206 valence electrons. The molecule has 1 saturated heterocycles. The Morgan fingerprint density at radius 2 is 1.89 bits per heavy atom. The molecule has 1 aromatic carbocycles. The highest BCUT2D eigenvalue weighted by molar-refractivity contribution is 7.17. The van der Waals surface area contributed by atoms with Crippen LogP contribution in [-0.2, 0) is 0 Å². The van der Waals surface area contributed by atoms with Crippen LogP contribution >= 0.6 is 22.9 Å². The number of piperazine rings is 1. The van der Waals surface area contributed by atoms with E-state index < -0.39 is 0 Å².